The van der Waals surface area contributed by atoms with Crippen molar-refractivity contribution in [1.29, 1.82) is 0 Å². The predicted octanol–water partition coefficient (Wildman–Crippen LogP) is 3.05. The lowest BCUT2D eigenvalue weighted by Crippen LogP contribution is -2.47. The maximum atomic E-state index is 12.5. The molecule has 0 aromatic heterocycles. The van der Waals surface area contributed by atoms with Gasteiger partial charge in [0.25, 0.3) is 0 Å². The molecule has 0 bridgehead atoms. The van der Waals surface area contributed by atoms with Crippen LogP contribution in [0.4, 0.5) is 10.5 Å². The Morgan fingerprint density at radius 3 is 2.67 bits per heavy atom. The molecule has 2 aliphatic carbocycles. The zero-order valence-corrected chi connectivity index (χ0v) is 19.1. The van der Waals surface area contributed by atoms with E-state index in [1.807, 2.05) is 18.2 Å². The third-order valence-electron chi connectivity index (χ3n) is 7.40. The number of ether oxygens (including phenoxy) is 2. The Bertz CT molecular complexity index is 868. The first-order chi connectivity index (χ1) is 16.1. The van der Waals surface area contributed by atoms with Crippen molar-refractivity contribution >= 4 is 17.6 Å². The van der Waals surface area contributed by atoms with E-state index in [9.17, 15) is 14.7 Å². The van der Waals surface area contributed by atoms with Crippen LogP contribution in [0.5, 0.6) is 5.75 Å². The number of urea groups is 1. The standard InChI is InChI=1S/C25H35N3O5/c29-14-22-24-20(11-18(32-22)12-23(30)26-13-15-6-7-15)19-10-17(8-9-21(19)33-24)28-25(31)27-16-4-2-1-3-5-16/h8-10,15-16,18,20,22,24,29H,1-7,11-14H2,(H,26,30)(H2,27,28,31)/t18-,20-,22-,24+/m0/s1. The van der Waals surface area contributed by atoms with Crippen LogP contribution < -0.4 is 20.7 Å². The van der Waals surface area contributed by atoms with Crippen molar-refractivity contribution in [1.82, 2.24) is 10.6 Å². The number of benzene rings is 1. The number of amides is 3. The van der Waals surface area contributed by atoms with Gasteiger partial charge in [0.2, 0.25) is 5.91 Å². The fraction of sp³-hybridized carbons (Fsp3) is 0.680. The van der Waals surface area contributed by atoms with Gasteiger partial charge in [0.05, 0.1) is 19.1 Å². The molecule has 3 amide bonds. The molecule has 180 valence electrons. The summed E-state index contributed by atoms with van der Waals surface area (Å²) in [6, 6.07) is 5.74. The second-order valence-electron chi connectivity index (χ2n) is 10.0. The van der Waals surface area contributed by atoms with Gasteiger partial charge in [-0.15, -0.1) is 0 Å². The van der Waals surface area contributed by atoms with Crippen molar-refractivity contribution in [2.24, 2.45) is 5.92 Å². The topological polar surface area (TPSA) is 109 Å². The van der Waals surface area contributed by atoms with E-state index in [4.69, 9.17) is 9.47 Å². The Hall–Kier alpha value is -2.32. The molecule has 2 heterocycles. The van der Waals surface area contributed by atoms with Crippen molar-refractivity contribution in [2.45, 2.75) is 88.1 Å². The lowest BCUT2D eigenvalue weighted by molar-refractivity contribution is -0.142. The van der Waals surface area contributed by atoms with E-state index < -0.39 is 6.10 Å². The number of aliphatic hydroxyl groups is 1. The zero-order valence-electron chi connectivity index (χ0n) is 19.1. The first-order valence-corrected chi connectivity index (χ1v) is 12.5. The first kappa shape index (κ1) is 22.5. The van der Waals surface area contributed by atoms with Crippen molar-refractivity contribution in [3.63, 3.8) is 0 Å². The van der Waals surface area contributed by atoms with E-state index in [-0.39, 0.29) is 49.1 Å². The van der Waals surface area contributed by atoms with Crippen LogP contribution in [0.3, 0.4) is 0 Å². The molecule has 5 rings (SSSR count). The first-order valence-electron chi connectivity index (χ1n) is 12.5. The summed E-state index contributed by atoms with van der Waals surface area (Å²) in [6.45, 7) is 0.579. The second kappa shape index (κ2) is 9.89. The summed E-state index contributed by atoms with van der Waals surface area (Å²) < 4.78 is 12.2. The van der Waals surface area contributed by atoms with E-state index in [1.165, 1.54) is 19.3 Å². The molecule has 8 nitrogen and oxygen atoms in total. The van der Waals surface area contributed by atoms with E-state index in [0.29, 0.717) is 12.3 Å². The highest BCUT2D eigenvalue weighted by molar-refractivity contribution is 5.89. The molecular formula is C25H35N3O5. The number of carbonyl (C=O) groups excluding carboxylic acids is 2. The minimum Gasteiger partial charge on any atom is -0.487 e. The molecule has 3 fully saturated rings. The maximum Gasteiger partial charge on any atom is 0.319 e. The summed E-state index contributed by atoms with van der Waals surface area (Å²) in [7, 11) is 0. The maximum absolute atomic E-state index is 12.5. The molecule has 4 atom stereocenters. The third kappa shape index (κ3) is 5.44. The Kier molecular flexibility index (Phi) is 6.74. The average Bonchev–Trinajstić information content (AvgIpc) is 3.58. The summed E-state index contributed by atoms with van der Waals surface area (Å²) >= 11 is 0. The van der Waals surface area contributed by atoms with Gasteiger partial charge in [-0.25, -0.2) is 4.79 Å². The monoisotopic (exact) mass is 457 g/mol. The Labute approximate surface area is 194 Å². The second-order valence-corrected chi connectivity index (χ2v) is 10.0. The number of anilines is 1. The van der Waals surface area contributed by atoms with Gasteiger partial charge < -0.3 is 30.5 Å². The van der Waals surface area contributed by atoms with Crippen LogP contribution in [0.25, 0.3) is 0 Å². The quantitative estimate of drug-likeness (QED) is 0.503. The van der Waals surface area contributed by atoms with Gasteiger partial charge in [-0.05, 0) is 56.2 Å². The molecule has 33 heavy (non-hydrogen) atoms. The van der Waals surface area contributed by atoms with Crippen LogP contribution in [0.15, 0.2) is 18.2 Å². The van der Waals surface area contributed by atoms with Crippen molar-refractivity contribution < 1.29 is 24.2 Å². The molecule has 2 saturated carbocycles. The van der Waals surface area contributed by atoms with E-state index in [0.717, 1.165) is 49.2 Å². The Morgan fingerprint density at radius 1 is 1.09 bits per heavy atom. The van der Waals surface area contributed by atoms with Crippen LogP contribution in [0.2, 0.25) is 0 Å². The Morgan fingerprint density at radius 2 is 1.91 bits per heavy atom. The van der Waals surface area contributed by atoms with Gasteiger partial charge in [0.1, 0.15) is 18.0 Å². The number of fused-ring (bicyclic) bond motifs is 3. The van der Waals surface area contributed by atoms with Crippen LogP contribution in [-0.4, -0.2) is 54.6 Å². The minimum absolute atomic E-state index is 0.00372. The lowest BCUT2D eigenvalue weighted by Gasteiger charge is -2.37. The zero-order chi connectivity index (χ0) is 22.8. The van der Waals surface area contributed by atoms with Crippen LogP contribution in [-0.2, 0) is 9.53 Å². The number of rotatable bonds is 7. The van der Waals surface area contributed by atoms with E-state index >= 15 is 0 Å². The molecule has 8 heteroatoms. The summed E-state index contributed by atoms with van der Waals surface area (Å²) in [6.07, 6.45) is 7.91. The predicted molar refractivity (Wildman–Crippen MR) is 123 cm³/mol. The van der Waals surface area contributed by atoms with Crippen molar-refractivity contribution in [2.75, 3.05) is 18.5 Å². The summed E-state index contributed by atoms with van der Waals surface area (Å²) in [5.74, 6) is 1.39. The van der Waals surface area contributed by atoms with Gasteiger partial charge >= 0.3 is 6.03 Å². The van der Waals surface area contributed by atoms with Gasteiger partial charge in [-0.1, -0.05) is 19.3 Å². The molecule has 1 aromatic carbocycles. The highest BCUT2D eigenvalue weighted by atomic mass is 16.6. The lowest BCUT2D eigenvalue weighted by atomic mass is 9.84. The van der Waals surface area contributed by atoms with Gasteiger partial charge in [-0.3, -0.25) is 4.79 Å². The summed E-state index contributed by atoms with van der Waals surface area (Å²) in [5, 5.41) is 19.0. The molecule has 0 radical (unpaired) electrons. The molecule has 1 aromatic rings. The molecule has 0 spiro atoms. The van der Waals surface area contributed by atoms with Gasteiger partial charge in [0, 0.05) is 29.8 Å². The third-order valence-corrected chi connectivity index (χ3v) is 7.40. The van der Waals surface area contributed by atoms with Crippen LogP contribution in [0, 0.1) is 5.92 Å². The number of carbonyl (C=O) groups is 2. The minimum atomic E-state index is -0.483. The van der Waals surface area contributed by atoms with Crippen LogP contribution in [0.1, 0.15) is 69.3 Å². The van der Waals surface area contributed by atoms with E-state index in [1.54, 1.807) is 0 Å². The summed E-state index contributed by atoms with van der Waals surface area (Å²) in [4.78, 5) is 24.9. The summed E-state index contributed by atoms with van der Waals surface area (Å²) in [5.41, 5.74) is 1.72. The average molecular weight is 458 g/mol. The number of hydrogen-bond acceptors (Lipinski definition) is 5. The SMILES string of the molecule is O=C(C[C@@H]1C[C@H]2c3cc(NC(=O)NC4CCCCC4)ccc3O[C@H]2[C@H](CO)O1)NCC1CC1. The largest absolute Gasteiger partial charge is 0.487 e. The van der Waals surface area contributed by atoms with Crippen LogP contribution >= 0.6 is 0 Å². The fourth-order valence-corrected chi connectivity index (χ4v) is 5.43. The molecule has 4 N–H and O–H groups in total. The highest BCUT2D eigenvalue weighted by Gasteiger charge is 2.46. The normalized spacial score (nSPS) is 28.9. The smallest absolute Gasteiger partial charge is 0.319 e. The molecule has 4 aliphatic rings. The molecule has 0 unspecified atom stereocenters. The van der Waals surface area contributed by atoms with Crippen molar-refractivity contribution in [3.8, 4) is 5.75 Å². The number of hydrogen-bond donors (Lipinski definition) is 4. The van der Waals surface area contributed by atoms with Crippen molar-refractivity contribution in [3.05, 3.63) is 23.8 Å². The Balaban J connectivity index is 1.23. The molecule has 2 aliphatic heterocycles. The fourth-order valence-electron chi connectivity index (χ4n) is 5.43. The van der Waals surface area contributed by atoms with Gasteiger partial charge in [0.15, 0.2) is 0 Å². The highest BCUT2D eigenvalue weighted by Crippen LogP contribution is 2.47. The molecular weight excluding hydrogens is 422 g/mol. The number of aliphatic hydroxyl groups excluding tert-OH is 1. The molecule has 1 saturated heterocycles. The number of nitrogens with one attached hydrogen (secondary N) is 3. The van der Waals surface area contributed by atoms with Gasteiger partial charge in [-0.2, -0.15) is 0 Å². The van der Waals surface area contributed by atoms with E-state index in [2.05, 4.69) is 16.0 Å².